The lowest BCUT2D eigenvalue weighted by Gasteiger charge is -2.05. The van der Waals surface area contributed by atoms with Gasteiger partial charge in [0.2, 0.25) is 0 Å². The summed E-state index contributed by atoms with van der Waals surface area (Å²) in [4.78, 5) is 0. The summed E-state index contributed by atoms with van der Waals surface area (Å²) in [6.45, 7) is 4.33. The zero-order chi connectivity index (χ0) is 8.55. The first-order valence-electron chi connectivity index (χ1n) is 4.38. The largest absolute Gasteiger partial charge is 0.321 e. The quantitative estimate of drug-likeness (QED) is 0.602. The standard InChI is InChI=1S/C11H13N/c1-3-10-7-6-9(2)11-5-4-8-12(10)11/h4-8H,3H2,1-2H3. The van der Waals surface area contributed by atoms with E-state index in [0.29, 0.717) is 0 Å². The van der Waals surface area contributed by atoms with Gasteiger partial charge in [0.1, 0.15) is 0 Å². The van der Waals surface area contributed by atoms with Gasteiger partial charge in [0.05, 0.1) is 0 Å². The summed E-state index contributed by atoms with van der Waals surface area (Å²) in [7, 11) is 0. The Labute approximate surface area is 72.6 Å². The van der Waals surface area contributed by atoms with Crippen molar-refractivity contribution < 1.29 is 0 Å². The number of aromatic nitrogens is 1. The van der Waals surface area contributed by atoms with Crippen LogP contribution in [0.15, 0.2) is 30.5 Å². The molecule has 1 heteroatoms. The van der Waals surface area contributed by atoms with Crippen molar-refractivity contribution in [2.75, 3.05) is 0 Å². The van der Waals surface area contributed by atoms with Crippen molar-refractivity contribution in [1.82, 2.24) is 4.40 Å². The van der Waals surface area contributed by atoms with Gasteiger partial charge in [-0.3, -0.25) is 0 Å². The Hall–Kier alpha value is -1.24. The Kier molecular flexibility index (Phi) is 1.65. The molecule has 62 valence electrons. The van der Waals surface area contributed by atoms with Gasteiger partial charge in [-0.2, -0.15) is 0 Å². The zero-order valence-corrected chi connectivity index (χ0v) is 7.54. The molecule has 1 nitrogen and oxygen atoms in total. The van der Waals surface area contributed by atoms with Gasteiger partial charge >= 0.3 is 0 Å². The highest BCUT2D eigenvalue weighted by Gasteiger charge is 1.99. The molecule has 0 unspecified atom stereocenters. The number of aryl methyl sites for hydroxylation is 2. The number of fused-ring (bicyclic) bond motifs is 1. The Balaban J connectivity index is 2.82. The Morgan fingerprint density at radius 1 is 1.25 bits per heavy atom. The minimum atomic E-state index is 1.09. The minimum Gasteiger partial charge on any atom is -0.321 e. The van der Waals surface area contributed by atoms with E-state index in [2.05, 4.69) is 48.7 Å². The highest BCUT2D eigenvalue weighted by Crippen LogP contribution is 2.13. The molecular formula is C11H13N. The SMILES string of the molecule is CCc1ccc(C)c2cccn12. The van der Waals surface area contributed by atoms with Crippen LogP contribution in [0.1, 0.15) is 18.2 Å². The number of pyridine rings is 1. The summed E-state index contributed by atoms with van der Waals surface area (Å²) in [5, 5.41) is 0. The van der Waals surface area contributed by atoms with Crippen LogP contribution in [0, 0.1) is 6.92 Å². The molecule has 12 heavy (non-hydrogen) atoms. The van der Waals surface area contributed by atoms with E-state index >= 15 is 0 Å². The van der Waals surface area contributed by atoms with Crippen molar-refractivity contribution in [2.24, 2.45) is 0 Å². The van der Waals surface area contributed by atoms with E-state index in [1.54, 1.807) is 0 Å². The lowest BCUT2D eigenvalue weighted by atomic mass is 10.2. The van der Waals surface area contributed by atoms with Crippen molar-refractivity contribution >= 4 is 5.52 Å². The Morgan fingerprint density at radius 2 is 2.08 bits per heavy atom. The van der Waals surface area contributed by atoms with Crippen molar-refractivity contribution in [1.29, 1.82) is 0 Å². The van der Waals surface area contributed by atoms with Gasteiger partial charge in [-0.25, -0.2) is 0 Å². The maximum Gasteiger partial charge on any atom is 0.0481 e. The molecule has 0 saturated carbocycles. The normalized spacial score (nSPS) is 10.8. The van der Waals surface area contributed by atoms with Crippen molar-refractivity contribution in [2.45, 2.75) is 20.3 Å². The maximum atomic E-state index is 2.26. The summed E-state index contributed by atoms with van der Waals surface area (Å²) < 4.78 is 2.26. The van der Waals surface area contributed by atoms with Crippen LogP contribution in [0.4, 0.5) is 0 Å². The third kappa shape index (κ3) is 0.934. The minimum absolute atomic E-state index is 1.09. The van der Waals surface area contributed by atoms with Crippen LogP contribution >= 0.6 is 0 Å². The lowest BCUT2D eigenvalue weighted by Crippen LogP contribution is -1.94. The lowest BCUT2D eigenvalue weighted by molar-refractivity contribution is 0.978. The van der Waals surface area contributed by atoms with E-state index in [-0.39, 0.29) is 0 Å². The van der Waals surface area contributed by atoms with Gasteiger partial charge < -0.3 is 4.40 Å². The van der Waals surface area contributed by atoms with E-state index in [1.165, 1.54) is 16.8 Å². The van der Waals surface area contributed by atoms with Crippen LogP contribution in [0.25, 0.3) is 5.52 Å². The molecule has 2 aromatic heterocycles. The molecule has 0 aromatic carbocycles. The fourth-order valence-electron chi connectivity index (χ4n) is 1.63. The molecule has 2 heterocycles. The second-order valence-corrected chi connectivity index (χ2v) is 3.12. The van der Waals surface area contributed by atoms with E-state index in [0.717, 1.165) is 6.42 Å². The Bertz CT molecular complexity index is 398. The van der Waals surface area contributed by atoms with E-state index in [4.69, 9.17) is 0 Å². The van der Waals surface area contributed by atoms with Gasteiger partial charge in [-0.05, 0) is 37.1 Å². The van der Waals surface area contributed by atoms with Gasteiger partial charge in [0.25, 0.3) is 0 Å². The highest BCUT2D eigenvalue weighted by atomic mass is 14.9. The second kappa shape index (κ2) is 2.67. The smallest absolute Gasteiger partial charge is 0.0481 e. The molecule has 0 aliphatic rings. The molecule has 0 saturated heterocycles. The summed E-state index contributed by atoms with van der Waals surface area (Å²) in [6.07, 6.45) is 3.21. The number of nitrogens with zero attached hydrogens (tertiary/aromatic N) is 1. The van der Waals surface area contributed by atoms with Crippen LogP contribution in [-0.2, 0) is 6.42 Å². The van der Waals surface area contributed by atoms with Crippen LogP contribution < -0.4 is 0 Å². The molecule has 0 spiro atoms. The summed E-state index contributed by atoms with van der Waals surface area (Å²) in [5.41, 5.74) is 4.05. The molecule has 0 bridgehead atoms. The average Bonchev–Trinajstić information content (AvgIpc) is 2.54. The summed E-state index contributed by atoms with van der Waals surface area (Å²) in [6, 6.07) is 8.65. The molecule has 0 radical (unpaired) electrons. The average molecular weight is 159 g/mol. The first-order valence-corrected chi connectivity index (χ1v) is 4.38. The molecule has 0 amide bonds. The third-order valence-electron chi connectivity index (χ3n) is 2.35. The van der Waals surface area contributed by atoms with E-state index < -0.39 is 0 Å². The fraction of sp³-hybridized carbons (Fsp3) is 0.273. The predicted molar refractivity (Wildman–Crippen MR) is 51.5 cm³/mol. The highest BCUT2D eigenvalue weighted by molar-refractivity contribution is 5.55. The number of hydrogen-bond donors (Lipinski definition) is 0. The van der Waals surface area contributed by atoms with Crippen LogP contribution in [0.5, 0.6) is 0 Å². The van der Waals surface area contributed by atoms with Crippen LogP contribution in [0.2, 0.25) is 0 Å². The van der Waals surface area contributed by atoms with Crippen LogP contribution in [-0.4, -0.2) is 4.40 Å². The first-order chi connectivity index (χ1) is 5.83. The Morgan fingerprint density at radius 3 is 2.83 bits per heavy atom. The number of rotatable bonds is 1. The second-order valence-electron chi connectivity index (χ2n) is 3.12. The topological polar surface area (TPSA) is 4.41 Å². The molecule has 0 fully saturated rings. The van der Waals surface area contributed by atoms with Crippen LogP contribution in [0.3, 0.4) is 0 Å². The van der Waals surface area contributed by atoms with Crippen molar-refractivity contribution in [3.05, 3.63) is 41.7 Å². The molecule has 0 N–H and O–H groups in total. The molecule has 0 aliphatic carbocycles. The van der Waals surface area contributed by atoms with E-state index in [9.17, 15) is 0 Å². The molecule has 2 aromatic rings. The maximum absolute atomic E-state index is 2.26. The van der Waals surface area contributed by atoms with Gasteiger partial charge in [0, 0.05) is 17.4 Å². The monoisotopic (exact) mass is 159 g/mol. The first kappa shape index (κ1) is 7.41. The van der Waals surface area contributed by atoms with E-state index in [1.807, 2.05) is 0 Å². The molecular weight excluding hydrogens is 146 g/mol. The number of hydrogen-bond acceptors (Lipinski definition) is 0. The molecule has 0 atom stereocenters. The van der Waals surface area contributed by atoms with Gasteiger partial charge in [-0.1, -0.05) is 13.0 Å². The fourth-order valence-corrected chi connectivity index (χ4v) is 1.63. The summed E-state index contributed by atoms with van der Waals surface area (Å²) in [5.74, 6) is 0. The third-order valence-corrected chi connectivity index (χ3v) is 2.35. The van der Waals surface area contributed by atoms with Crippen molar-refractivity contribution in [3.8, 4) is 0 Å². The van der Waals surface area contributed by atoms with Gasteiger partial charge in [0.15, 0.2) is 0 Å². The zero-order valence-electron chi connectivity index (χ0n) is 7.54. The molecule has 2 rings (SSSR count). The predicted octanol–water partition coefficient (Wildman–Crippen LogP) is 2.81. The molecule has 0 aliphatic heterocycles. The summed E-state index contributed by atoms with van der Waals surface area (Å²) >= 11 is 0. The van der Waals surface area contributed by atoms with Crippen molar-refractivity contribution in [3.63, 3.8) is 0 Å². The van der Waals surface area contributed by atoms with Gasteiger partial charge in [-0.15, -0.1) is 0 Å².